The number of nitrogens with one attached hydrogen (secondary N) is 1. The molecule has 1 rings (SSSR count). The Bertz CT molecular complexity index is 284. The predicted molar refractivity (Wildman–Crippen MR) is 56.6 cm³/mol. The fourth-order valence-corrected chi connectivity index (χ4v) is 1.00. The summed E-state index contributed by atoms with van der Waals surface area (Å²) in [7, 11) is 0. The zero-order valence-corrected chi connectivity index (χ0v) is 8.34. The van der Waals surface area contributed by atoms with Gasteiger partial charge in [0.25, 0.3) is 0 Å². The summed E-state index contributed by atoms with van der Waals surface area (Å²) in [5, 5.41) is 3.06. The molecule has 70 valence electrons. The Morgan fingerprint density at radius 3 is 2.85 bits per heavy atom. The molecule has 1 aromatic rings. The largest absolute Gasteiger partial charge is 0.369 e. The van der Waals surface area contributed by atoms with E-state index in [9.17, 15) is 4.79 Å². The molecule has 0 amide bonds. The molecule has 4 heteroatoms. The molecule has 1 aromatic heterocycles. The Morgan fingerprint density at radius 2 is 2.38 bits per heavy atom. The van der Waals surface area contributed by atoms with Crippen molar-refractivity contribution in [2.75, 3.05) is 17.6 Å². The average molecular weight is 196 g/mol. The van der Waals surface area contributed by atoms with Crippen LogP contribution in [0.15, 0.2) is 18.3 Å². The number of hydrogen-bond donors (Lipinski definition) is 2. The maximum Gasteiger partial charge on any atom is 0.161 e. The first-order valence-corrected chi connectivity index (χ1v) is 4.69. The van der Waals surface area contributed by atoms with Crippen molar-refractivity contribution in [2.45, 2.75) is 6.92 Å². The fraction of sp³-hybridized carbons (Fsp3) is 0.333. The van der Waals surface area contributed by atoms with Crippen LogP contribution in [-0.2, 0) is 0 Å². The van der Waals surface area contributed by atoms with Crippen LogP contribution in [-0.4, -0.2) is 23.1 Å². The minimum absolute atomic E-state index is 0.0354. The third kappa shape index (κ3) is 3.06. The zero-order chi connectivity index (χ0) is 9.68. The van der Waals surface area contributed by atoms with Gasteiger partial charge in [0, 0.05) is 24.1 Å². The Kier molecular flexibility index (Phi) is 3.76. The SMILES string of the molecule is CC(=O)c1ccc(NCCS)nc1. The van der Waals surface area contributed by atoms with Crippen molar-refractivity contribution < 1.29 is 4.79 Å². The highest BCUT2D eigenvalue weighted by molar-refractivity contribution is 7.80. The molecule has 0 saturated heterocycles. The first kappa shape index (κ1) is 10.1. The lowest BCUT2D eigenvalue weighted by atomic mass is 10.2. The summed E-state index contributed by atoms with van der Waals surface area (Å²) in [5.41, 5.74) is 0.636. The number of pyridine rings is 1. The highest BCUT2D eigenvalue weighted by Crippen LogP contribution is 2.04. The normalized spacial score (nSPS) is 9.69. The molecular weight excluding hydrogens is 184 g/mol. The number of aromatic nitrogens is 1. The van der Waals surface area contributed by atoms with Gasteiger partial charge in [0.05, 0.1) is 0 Å². The summed E-state index contributed by atoms with van der Waals surface area (Å²) in [4.78, 5) is 15.0. The van der Waals surface area contributed by atoms with Gasteiger partial charge in [-0.15, -0.1) is 0 Å². The van der Waals surface area contributed by atoms with Crippen molar-refractivity contribution in [3.63, 3.8) is 0 Å². The Morgan fingerprint density at radius 1 is 1.62 bits per heavy atom. The minimum atomic E-state index is 0.0354. The number of rotatable bonds is 4. The van der Waals surface area contributed by atoms with Crippen LogP contribution in [0.3, 0.4) is 0 Å². The van der Waals surface area contributed by atoms with Gasteiger partial charge in [0.1, 0.15) is 5.82 Å². The number of anilines is 1. The summed E-state index contributed by atoms with van der Waals surface area (Å²) < 4.78 is 0. The van der Waals surface area contributed by atoms with Crippen molar-refractivity contribution in [1.29, 1.82) is 0 Å². The highest BCUT2D eigenvalue weighted by Gasteiger charge is 1.98. The van der Waals surface area contributed by atoms with Gasteiger partial charge in [0.2, 0.25) is 0 Å². The number of Topliss-reactive ketones (excluding diaryl/α,β-unsaturated/α-hetero) is 1. The van der Waals surface area contributed by atoms with E-state index in [-0.39, 0.29) is 5.78 Å². The summed E-state index contributed by atoms with van der Waals surface area (Å²) in [6.07, 6.45) is 1.57. The quantitative estimate of drug-likeness (QED) is 0.568. The van der Waals surface area contributed by atoms with E-state index >= 15 is 0 Å². The average Bonchev–Trinajstić information content (AvgIpc) is 2.15. The number of carbonyl (C=O) groups excluding carboxylic acids is 1. The van der Waals surface area contributed by atoms with Crippen molar-refractivity contribution >= 4 is 24.2 Å². The Hall–Kier alpha value is -1.03. The fourth-order valence-electron chi connectivity index (χ4n) is 0.891. The van der Waals surface area contributed by atoms with E-state index in [0.29, 0.717) is 5.56 Å². The number of ketones is 1. The van der Waals surface area contributed by atoms with E-state index in [4.69, 9.17) is 0 Å². The summed E-state index contributed by atoms with van der Waals surface area (Å²) >= 11 is 4.06. The van der Waals surface area contributed by atoms with Crippen molar-refractivity contribution in [2.24, 2.45) is 0 Å². The summed E-state index contributed by atoms with van der Waals surface area (Å²) in [6.45, 7) is 2.30. The smallest absolute Gasteiger partial charge is 0.161 e. The van der Waals surface area contributed by atoms with Crippen molar-refractivity contribution in [3.05, 3.63) is 23.9 Å². The maximum atomic E-state index is 10.9. The summed E-state index contributed by atoms with van der Waals surface area (Å²) in [5.74, 6) is 1.57. The van der Waals surface area contributed by atoms with E-state index in [1.165, 1.54) is 6.92 Å². The molecular formula is C9H12N2OS. The molecule has 0 aliphatic rings. The van der Waals surface area contributed by atoms with Gasteiger partial charge in [-0.3, -0.25) is 4.79 Å². The third-order valence-electron chi connectivity index (χ3n) is 1.59. The van der Waals surface area contributed by atoms with Gasteiger partial charge in [0.15, 0.2) is 5.78 Å². The third-order valence-corrected chi connectivity index (χ3v) is 1.81. The van der Waals surface area contributed by atoms with E-state index in [1.807, 2.05) is 0 Å². The van der Waals surface area contributed by atoms with E-state index < -0.39 is 0 Å². The van der Waals surface area contributed by atoms with Crippen LogP contribution >= 0.6 is 12.6 Å². The second kappa shape index (κ2) is 4.87. The zero-order valence-electron chi connectivity index (χ0n) is 7.45. The first-order valence-electron chi connectivity index (χ1n) is 4.06. The number of thiol groups is 1. The molecule has 0 bridgehead atoms. The molecule has 1 N–H and O–H groups in total. The van der Waals surface area contributed by atoms with Crippen molar-refractivity contribution in [1.82, 2.24) is 4.98 Å². The van der Waals surface area contributed by atoms with Gasteiger partial charge in [-0.05, 0) is 19.1 Å². The van der Waals surface area contributed by atoms with Crippen LogP contribution in [0.25, 0.3) is 0 Å². The molecule has 3 nitrogen and oxygen atoms in total. The van der Waals surface area contributed by atoms with Gasteiger partial charge in [-0.1, -0.05) is 0 Å². The first-order chi connectivity index (χ1) is 6.24. The number of carbonyl (C=O) groups is 1. The molecule has 0 fully saturated rings. The summed E-state index contributed by atoms with van der Waals surface area (Å²) in [6, 6.07) is 3.55. The molecule has 0 saturated carbocycles. The van der Waals surface area contributed by atoms with Crippen LogP contribution < -0.4 is 5.32 Å². The van der Waals surface area contributed by atoms with Crippen molar-refractivity contribution in [3.8, 4) is 0 Å². The minimum Gasteiger partial charge on any atom is -0.369 e. The highest BCUT2D eigenvalue weighted by atomic mass is 32.1. The molecule has 0 spiro atoms. The van der Waals surface area contributed by atoms with Crippen LogP contribution in [0, 0.1) is 0 Å². The molecule has 13 heavy (non-hydrogen) atoms. The molecule has 0 atom stereocenters. The molecule has 1 heterocycles. The van der Waals surface area contributed by atoms with Gasteiger partial charge in [-0.25, -0.2) is 4.98 Å². The second-order valence-corrected chi connectivity index (χ2v) is 3.09. The van der Waals surface area contributed by atoms with Gasteiger partial charge >= 0.3 is 0 Å². The van der Waals surface area contributed by atoms with Crippen LogP contribution in [0.2, 0.25) is 0 Å². The van der Waals surface area contributed by atoms with Crippen LogP contribution in [0.1, 0.15) is 17.3 Å². The van der Waals surface area contributed by atoms with E-state index in [1.54, 1.807) is 18.3 Å². The van der Waals surface area contributed by atoms with E-state index in [2.05, 4.69) is 22.9 Å². The molecule has 0 aliphatic heterocycles. The standard InChI is InChI=1S/C9H12N2OS/c1-7(12)8-2-3-9(11-6-8)10-4-5-13/h2-3,6,13H,4-5H2,1H3,(H,10,11). The van der Waals surface area contributed by atoms with Crippen LogP contribution in [0.5, 0.6) is 0 Å². The van der Waals surface area contributed by atoms with Gasteiger partial charge < -0.3 is 5.32 Å². The molecule has 0 radical (unpaired) electrons. The van der Waals surface area contributed by atoms with Gasteiger partial charge in [-0.2, -0.15) is 12.6 Å². The maximum absolute atomic E-state index is 10.9. The number of hydrogen-bond acceptors (Lipinski definition) is 4. The predicted octanol–water partition coefficient (Wildman–Crippen LogP) is 1.63. The lowest BCUT2D eigenvalue weighted by Gasteiger charge is -2.02. The number of nitrogens with zero attached hydrogens (tertiary/aromatic N) is 1. The Balaban J connectivity index is 2.64. The lowest BCUT2D eigenvalue weighted by Crippen LogP contribution is -2.04. The monoisotopic (exact) mass is 196 g/mol. The second-order valence-electron chi connectivity index (χ2n) is 2.64. The van der Waals surface area contributed by atoms with Crippen LogP contribution in [0.4, 0.5) is 5.82 Å². The molecule has 0 aromatic carbocycles. The van der Waals surface area contributed by atoms with E-state index in [0.717, 1.165) is 18.1 Å². The molecule has 0 unspecified atom stereocenters. The lowest BCUT2D eigenvalue weighted by molar-refractivity contribution is 0.101. The topological polar surface area (TPSA) is 42.0 Å². The Labute approximate surface area is 83.0 Å². The molecule has 0 aliphatic carbocycles.